The predicted molar refractivity (Wildman–Crippen MR) is 79.4 cm³/mol. The highest BCUT2D eigenvalue weighted by Gasteiger charge is 2.35. The summed E-state index contributed by atoms with van der Waals surface area (Å²) in [6.45, 7) is 2.48. The summed E-state index contributed by atoms with van der Waals surface area (Å²) in [5.41, 5.74) is 1.91. The van der Waals surface area contributed by atoms with Gasteiger partial charge in [0, 0.05) is 19.2 Å². The van der Waals surface area contributed by atoms with Crippen molar-refractivity contribution >= 4 is 22.9 Å². The highest BCUT2D eigenvalue weighted by molar-refractivity contribution is 5.99. The van der Waals surface area contributed by atoms with Crippen molar-refractivity contribution in [1.82, 2.24) is 19.9 Å². The van der Waals surface area contributed by atoms with Crippen molar-refractivity contribution in [3.8, 4) is 0 Å². The van der Waals surface area contributed by atoms with Gasteiger partial charge in [0.25, 0.3) is 5.91 Å². The van der Waals surface area contributed by atoms with E-state index in [2.05, 4.69) is 10.3 Å². The number of carbonyl (C=O) groups excluding carboxylic acids is 1. The first kappa shape index (κ1) is 14.5. The van der Waals surface area contributed by atoms with Crippen LogP contribution in [0.25, 0.3) is 11.0 Å². The third kappa shape index (κ3) is 2.43. The van der Waals surface area contributed by atoms with Gasteiger partial charge in [-0.15, -0.1) is 5.10 Å². The largest absolute Gasteiger partial charge is 0.480 e. The molecule has 1 aromatic heterocycles. The third-order valence-corrected chi connectivity index (χ3v) is 4.27. The number of aliphatic carboxylic acids is 1. The second-order valence-electron chi connectivity index (χ2n) is 5.90. The second-order valence-corrected chi connectivity index (χ2v) is 5.90. The molecular weight excluding hydrogens is 284 g/mol. The molecule has 22 heavy (non-hydrogen) atoms. The smallest absolute Gasteiger partial charge is 0.326 e. The van der Waals surface area contributed by atoms with Gasteiger partial charge >= 0.3 is 5.97 Å². The number of amides is 1. The molecule has 116 valence electrons. The fraction of sp³-hybridized carbons (Fsp3) is 0.467. The van der Waals surface area contributed by atoms with Crippen LogP contribution in [0.3, 0.4) is 0 Å². The number of hydrogen-bond acceptors (Lipinski definition) is 4. The molecule has 1 saturated heterocycles. The van der Waals surface area contributed by atoms with Gasteiger partial charge < -0.3 is 10.0 Å². The van der Waals surface area contributed by atoms with E-state index in [0.717, 1.165) is 11.9 Å². The summed E-state index contributed by atoms with van der Waals surface area (Å²) in [6, 6.07) is 4.39. The molecule has 1 aliphatic rings. The molecule has 0 bridgehead atoms. The number of aromatic nitrogens is 3. The normalized spacial score (nSPS) is 22.0. The number of carboxylic acids is 1. The lowest BCUT2D eigenvalue weighted by molar-refractivity contribution is -0.144. The second kappa shape index (κ2) is 5.40. The van der Waals surface area contributed by atoms with E-state index in [0.29, 0.717) is 30.0 Å². The first-order valence-corrected chi connectivity index (χ1v) is 7.30. The molecule has 1 amide bonds. The van der Waals surface area contributed by atoms with Crippen LogP contribution < -0.4 is 0 Å². The minimum atomic E-state index is -0.944. The quantitative estimate of drug-likeness (QED) is 0.903. The number of rotatable bonds is 2. The zero-order chi connectivity index (χ0) is 15.9. The number of aryl methyl sites for hydroxylation is 1. The van der Waals surface area contributed by atoms with E-state index in [9.17, 15) is 14.7 Å². The summed E-state index contributed by atoms with van der Waals surface area (Å²) >= 11 is 0. The number of carboxylic acid groups (broad SMARTS) is 1. The van der Waals surface area contributed by atoms with Gasteiger partial charge in [-0.25, -0.2) is 9.48 Å². The van der Waals surface area contributed by atoms with E-state index in [1.165, 1.54) is 4.90 Å². The Bertz CT molecular complexity index is 739. The molecule has 0 radical (unpaired) electrons. The average molecular weight is 302 g/mol. The maximum Gasteiger partial charge on any atom is 0.326 e. The summed E-state index contributed by atoms with van der Waals surface area (Å²) in [5.74, 6) is -0.889. The molecule has 1 N–H and O–H groups in total. The highest BCUT2D eigenvalue weighted by Crippen LogP contribution is 2.25. The SMILES string of the molecule is CC1CCN(C(=O)c2ccc3c(c2)nnn3C)C(C(=O)O)C1. The molecule has 3 rings (SSSR count). The first-order valence-electron chi connectivity index (χ1n) is 7.30. The highest BCUT2D eigenvalue weighted by atomic mass is 16.4. The third-order valence-electron chi connectivity index (χ3n) is 4.27. The lowest BCUT2D eigenvalue weighted by Gasteiger charge is -2.36. The predicted octanol–water partition coefficient (Wildman–Crippen LogP) is 1.29. The molecule has 2 heterocycles. The fourth-order valence-electron chi connectivity index (χ4n) is 2.96. The maximum absolute atomic E-state index is 12.7. The first-order chi connectivity index (χ1) is 10.5. The van der Waals surface area contributed by atoms with Gasteiger partial charge in [0.2, 0.25) is 0 Å². The molecule has 1 fully saturated rings. The maximum atomic E-state index is 12.7. The zero-order valence-electron chi connectivity index (χ0n) is 12.6. The van der Waals surface area contributed by atoms with E-state index in [1.54, 1.807) is 29.9 Å². The number of fused-ring (bicyclic) bond motifs is 1. The fourth-order valence-corrected chi connectivity index (χ4v) is 2.96. The van der Waals surface area contributed by atoms with Crippen molar-refractivity contribution in [1.29, 1.82) is 0 Å². The standard InChI is InChI=1S/C15H18N4O3/c1-9-5-6-19(13(7-9)15(21)22)14(20)10-3-4-12-11(8-10)16-17-18(12)2/h3-4,8-9,13H,5-7H2,1-2H3,(H,21,22). The van der Waals surface area contributed by atoms with Crippen LogP contribution in [0.1, 0.15) is 30.1 Å². The van der Waals surface area contributed by atoms with Gasteiger partial charge in [-0.05, 0) is 37.0 Å². The van der Waals surface area contributed by atoms with Crippen LogP contribution in [-0.4, -0.2) is 49.5 Å². The van der Waals surface area contributed by atoms with Crippen molar-refractivity contribution in [3.63, 3.8) is 0 Å². The van der Waals surface area contributed by atoms with Crippen LogP contribution in [0.4, 0.5) is 0 Å². The molecule has 2 aromatic rings. The number of hydrogen-bond donors (Lipinski definition) is 1. The van der Waals surface area contributed by atoms with Crippen LogP contribution in [0.15, 0.2) is 18.2 Å². The van der Waals surface area contributed by atoms with Gasteiger partial charge in [-0.2, -0.15) is 0 Å². The lowest BCUT2D eigenvalue weighted by Crippen LogP contribution is -2.49. The summed E-state index contributed by atoms with van der Waals surface area (Å²) in [6.07, 6.45) is 1.32. The van der Waals surface area contributed by atoms with Crippen LogP contribution in [-0.2, 0) is 11.8 Å². The topological polar surface area (TPSA) is 88.3 Å². The molecule has 0 saturated carbocycles. The summed E-state index contributed by atoms with van der Waals surface area (Å²) in [7, 11) is 1.78. The Kier molecular flexibility index (Phi) is 3.56. The van der Waals surface area contributed by atoms with Gasteiger partial charge in [-0.1, -0.05) is 12.1 Å². The molecule has 0 spiro atoms. The molecule has 7 heteroatoms. The summed E-state index contributed by atoms with van der Waals surface area (Å²) in [5, 5.41) is 17.3. The summed E-state index contributed by atoms with van der Waals surface area (Å²) < 4.78 is 1.63. The molecule has 7 nitrogen and oxygen atoms in total. The number of likely N-dealkylation sites (tertiary alicyclic amines) is 1. The number of nitrogens with zero attached hydrogens (tertiary/aromatic N) is 4. The van der Waals surface area contributed by atoms with E-state index in [1.807, 2.05) is 6.92 Å². The molecular formula is C15H18N4O3. The van der Waals surface area contributed by atoms with E-state index < -0.39 is 12.0 Å². The molecule has 2 unspecified atom stereocenters. The number of carbonyl (C=O) groups is 2. The molecule has 2 atom stereocenters. The van der Waals surface area contributed by atoms with Crippen molar-refractivity contribution in [2.24, 2.45) is 13.0 Å². The minimum Gasteiger partial charge on any atom is -0.480 e. The molecule has 1 aliphatic heterocycles. The Morgan fingerprint density at radius 1 is 1.36 bits per heavy atom. The average Bonchev–Trinajstić information content (AvgIpc) is 2.87. The van der Waals surface area contributed by atoms with Crippen molar-refractivity contribution < 1.29 is 14.7 Å². The minimum absolute atomic E-state index is 0.258. The summed E-state index contributed by atoms with van der Waals surface area (Å²) in [4.78, 5) is 25.6. The Labute approximate surface area is 127 Å². The molecule has 1 aromatic carbocycles. The van der Waals surface area contributed by atoms with Gasteiger partial charge in [0.05, 0.1) is 5.52 Å². The van der Waals surface area contributed by atoms with Crippen molar-refractivity contribution in [2.75, 3.05) is 6.54 Å². The zero-order valence-corrected chi connectivity index (χ0v) is 12.6. The van der Waals surface area contributed by atoms with Crippen molar-refractivity contribution in [3.05, 3.63) is 23.8 Å². The Hall–Kier alpha value is -2.44. The monoisotopic (exact) mass is 302 g/mol. The Morgan fingerprint density at radius 2 is 2.14 bits per heavy atom. The van der Waals surface area contributed by atoms with Crippen LogP contribution in [0.5, 0.6) is 0 Å². The Balaban J connectivity index is 1.91. The van der Waals surface area contributed by atoms with Crippen LogP contribution in [0.2, 0.25) is 0 Å². The van der Waals surface area contributed by atoms with Crippen LogP contribution >= 0.6 is 0 Å². The van der Waals surface area contributed by atoms with E-state index >= 15 is 0 Å². The lowest BCUT2D eigenvalue weighted by atomic mass is 9.92. The Morgan fingerprint density at radius 3 is 2.86 bits per heavy atom. The number of benzene rings is 1. The number of piperidine rings is 1. The van der Waals surface area contributed by atoms with E-state index in [4.69, 9.17) is 0 Å². The molecule has 0 aliphatic carbocycles. The van der Waals surface area contributed by atoms with Gasteiger partial charge in [0.15, 0.2) is 0 Å². The van der Waals surface area contributed by atoms with Crippen LogP contribution in [0, 0.1) is 5.92 Å². The van der Waals surface area contributed by atoms with E-state index in [-0.39, 0.29) is 5.91 Å². The van der Waals surface area contributed by atoms with Crippen molar-refractivity contribution in [2.45, 2.75) is 25.8 Å². The van der Waals surface area contributed by atoms with Gasteiger partial charge in [-0.3, -0.25) is 4.79 Å². The van der Waals surface area contributed by atoms with Gasteiger partial charge in [0.1, 0.15) is 11.6 Å².